The van der Waals surface area contributed by atoms with E-state index in [0.29, 0.717) is 11.4 Å². The lowest BCUT2D eigenvalue weighted by Gasteiger charge is -2.03. The van der Waals surface area contributed by atoms with E-state index in [4.69, 9.17) is 0 Å². The van der Waals surface area contributed by atoms with Crippen LogP contribution < -0.4 is 4.74 Å². The second-order valence-electron chi connectivity index (χ2n) is 2.26. The van der Waals surface area contributed by atoms with Crippen molar-refractivity contribution in [1.82, 2.24) is 9.97 Å². The summed E-state index contributed by atoms with van der Waals surface area (Å²) < 4.78 is 27.4. The van der Waals surface area contributed by atoms with Gasteiger partial charge in [0.2, 0.25) is 5.88 Å². The van der Waals surface area contributed by atoms with Crippen LogP contribution in [0.25, 0.3) is 0 Å². The van der Waals surface area contributed by atoms with E-state index < -0.39 is 6.61 Å². The summed E-state index contributed by atoms with van der Waals surface area (Å²) >= 11 is 0. The van der Waals surface area contributed by atoms with Crippen molar-refractivity contribution in [3.63, 3.8) is 0 Å². The third-order valence-electron chi connectivity index (χ3n) is 1.38. The van der Waals surface area contributed by atoms with E-state index >= 15 is 0 Å². The van der Waals surface area contributed by atoms with Gasteiger partial charge in [-0.2, -0.15) is 8.78 Å². The average Bonchev–Trinajstić information content (AvgIpc) is 1.96. The minimum atomic E-state index is -2.85. The zero-order valence-corrected chi connectivity index (χ0v) is 6.71. The lowest BCUT2D eigenvalue weighted by molar-refractivity contribution is -0.0532. The molecule has 0 spiro atoms. The summed E-state index contributed by atoms with van der Waals surface area (Å²) in [5.74, 6) is -0.145. The first-order chi connectivity index (χ1) is 5.59. The largest absolute Gasteiger partial charge is 0.415 e. The lowest BCUT2D eigenvalue weighted by atomic mass is 10.4. The molecule has 0 aliphatic rings. The molecule has 1 rings (SSSR count). The number of rotatable bonds is 2. The normalized spacial score (nSPS) is 10.4. The van der Waals surface area contributed by atoms with Crippen LogP contribution in [0.4, 0.5) is 8.78 Å². The van der Waals surface area contributed by atoms with Gasteiger partial charge in [-0.15, -0.1) is 0 Å². The molecule has 0 fully saturated rings. The third-order valence-corrected chi connectivity index (χ3v) is 1.38. The van der Waals surface area contributed by atoms with Crippen LogP contribution in [0.5, 0.6) is 5.88 Å². The maximum atomic E-state index is 11.7. The van der Waals surface area contributed by atoms with E-state index in [1.54, 1.807) is 13.8 Å². The van der Waals surface area contributed by atoms with E-state index in [1.807, 2.05) is 0 Å². The Balaban J connectivity index is 2.82. The minimum absolute atomic E-state index is 0.145. The minimum Gasteiger partial charge on any atom is -0.415 e. The van der Waals surface area contributed by atoms with E-state index in [-0.39, 0.29) is 5.88 Å². The van der Waals surface area contributed by atoms with Crippen LogP contribution in [0.15, 0.2) is 6.20 Å². The summed E-state index contributed by atoms with van der Waals surface area (Å²) in [7, 11) is 0. The summed E-state index contributed by atoms with van der Waals surface area (Å²) in [6, 6.07) is 0. The fourth-order valence-corrected chi connectivity index (χ4v) is 0.669. The Labute approximate surface area is 68.4 Å². The quantitative estimate of drug-likeness (QED) is 0.684. The van der Waals surface area contributed by atoms with Crippen LogP contribution >= 0.6 is 0 Å². The summed E-state index contributed by atoms with van der Waals surface area (Å²) in [6.45, 7) is 0.580. The molecule has 0 amide bonds. The Morgan fingerprint density at radius 3 is 2.50 bits per heavy atom. The Morgan fingerprint density at radius 2 is 2.00 bits per heavy atom. The highest BCUT2D eigenvalue weighted by molar-refractivity contribution is 5.14. The molecular formula is C7H8F2N2O. The Hall–Kier alpha value is -1.26. The highest BCUT2D eigenvalue weighted by atomic mass is 19.3. The molecule has 1 aromatic rings. The van der Waals surface area contributed by atoms with Crippen molar-refractivity contribution < 1.29 is 13.5 Å². The third kappa shape index (κ3) is 2.11. The zero-order chi connectivity index (χ0) is 9.14. The highest BCUT2D eigenvalue weighted by Crippen LogP contribution is 2.10. The molecule has 66 valence electrons. The van der Waals surface area contributed by atoms with E-state index in [9.17, 15) is 8.78 Å². The maximum Gasteiger partial charge on any atom is 0.388 e. The fourth-order valence-electron chi connectivity index (χ4n) is 0.669. The Morgan fingerprint density at radius 1 is 1.33 bits per heavy atom. The SMILES string of the molecule is Cc1ncc(OC(F)F)nc1C. The molecule has 0 aliphatic carbocycles. The first-order valence-corrected chi connectivity index (χ1v) is 3.34. The van der Waals surface area contributed by atoms with Crippen LogP contribution in [0, 0.1) is 13.8 Å². The number of halogens is 2. The van der Waals surface area contributed by atoms with E-state index in [0.717, 1.165) is 0 Å². The second-order valence-corrected chi connectivity index (χ2v) is 2.26. The number of ether oxygens (including phenoxy) is 1. The molecule has 3 nitrogen and oxygen atoms in total. The Bertz CT molecular complexity index is 278. The predicted octanol–water partition coefficient (Wildman–Crippen LogP) is 1.69. The predicted molar refractivity (Wildman–Crippen MR) is 38.1 cm³/mol. The monoisotopic (exact) mass is 174 g/mol. The first kappa shape index (κ1) is 8.83. The molecular weight excluding hydrogens is 166 g/mol. The molecule has 0 N–H and O–H groups in total. The van der Waals surface area contributed by atoms with Crippen molar-refractivity contribution in [2.75, 3.05) is 0 Å². The maximum absolute atomic E-state index is 11.7. The zero-order valence-electron chi connectivity index (χ0n) is 6.71. The molecule has 0 saturated carbocycles. The number of aryl methyl sites for hydroxylation is 2. The number of hydrogen-bond donors (Lipinski definition) is 0. The molecule has 5 heteroatoms. The van der Waals surface area contributed by atoms with Crippen molar-refractivity contribution >= 4 is 0 Å². The van der Waals surface area contributed by atoms with Gasteiger partial charge in [0.1, 0.15) is 0 Å². The van der Waals surface area contributed by atoms with Crippen LogP contribution in [-0.2, 0) is 0 Å². The van der Waals surface area contributed by atoms with Crippen LogP contribution in [0.1, 0.15) is 11.4 Å². The van der Waals surface area contributed by atoms with Crippen molar-refractivity contribution in [2.24, 2.45) is 0 Å². The molecule has 0 saturated heterocycles. The molecule has 0 radical (unpaired) electrons. The molecule has 1 aromatic heterocycles. The molecule has 1 heterocycles. The van der Waals surface area contributed by atoms with Crippen LogP contribution in [-0.4, -0.2) is 16.6 Å². The number of nitrogens with zero attached hydrogens (tertiary/aromatic N) is 2. The van der Waals surface area contributed by atoms with Gasteiger partial charge in [-0.3, -0.25) is 4.98 Å². The summed E-state index contributed by atoms with van der Waals surface area (Å²) in [4.78, 5) is 7.56. The fraction of sp³-hybridized carbons (Fsp3) is 0.429. The number of aromatic nitrogens is 2. The van der Waals surface area contributed by atoms with Crippen molar-refractivity contribution in [2.45, 2.75) is 20.5 Å². The smallest absolute Gasteiger partial charge is 0.388 e. The second kappa shape index (κ2) is 3.42. The van der Waals surface area contributed by atoms with Gasteiger partial charge in [0, 0.05) is 0 Å². The topological polar surface area (TPSA) is 35.0 Å². The highest BCUT2D eigenvalue weighted by Gasteiger charge is 2.06. The van der Waals surface area contributed by atoms with Gasteiger partial charge in [0.15, 0.2) is 0 Å². The lowest BCUT2D eigenvalue weighted by Crippen LogP contribution is -2.05. The summed E-state index contributed by atoms with van der Waals surface area (Å²) in [5.41, 5.74) is 1.30. The van der Waals surface area contributed by atoms with E-state index in [2.05, 4.69) is 14.7 Å². The van der Waals surface area contributed by atoms with Gasteiger partial charge >= 0.3 is 6.61 Å². The molecule has 0 unspecified atom stereocenters. The Kier molecular flexibility index (Phi) is 2.52. The number of alkyl halides is 2. The first-order valence-electron chi connectivity index (χ1n) is 3.34. The van der Waals surface area contributed by atoms with Gasteiger partial charge in [0.25, 0.3) is 0 Å². The van der Waals surface area contributed by atoms with Gasteiger partial charge in [-0.05, 0) is 13.8 Å². The van der Waals surface area contributed by atoms with Gasteiger partial charge in [0.05, 0.1) is 17.6 Å². The molecule has 0 aromatic carbocycles. The number of hydrogen-bond acceptors (Lipinski definition) is 3. The van der Waals surface area contributed by atoms with Gasteiger partial charge < -0.3 is 4.74 Å². The standard InChI is InChI=1S/C7H8F2N2O/c1-4-5(2)11-6(3-10-4)12-7(8)9/h3,7H,1-2H3. The molecule has 0 aliphatic heterocycles. The van der Waals surface area contributed by atoms with Crippen molar-refractivity contribution in [3.8, 4) is 5.88 Å². The van der Waals surface area contributed by atoms with Gasteiger partial charge in [-0.25, -0.2) is 4.98 Å². The van der Waals surface area contributed by atoms with Crippen molar-refractivity contribution in [1.29, 1.82) is 0 Å². The average molecular weight is 174 g/mol. The summed E-state index contributed by atoms with van der Waals surface area (Å²) in [6.07, 6.45) is 1.18. The molecule has 12 heavy (non-hydrogen) atoms. The summed E-state index contributed by atoms with van der Waals surface area (Å²) in [5, 5.41) is 0. The van der Waals surface area contributed by atoms with Crippen LogP contribution in [0.2, 0.25) is 0 Å². The molecule has 0 atom stereocenters. The molecule has 0 bridgehead atoms. The van der Waals surface area contributed by atoms with Crippen molar-refractivity contribution in [3.05, 3.63) is 17.6 Å². The van der Waals surface area contributed by atoms with Gasteiger partial charge in [-0.1, -0.05) is 0 Å². The van der Waals surface area contributed by atoms with Crippen LogP contribution in [0.3, 0.4) is 0 Å². The van der Waals surface area contributed by atoms with E-state index in [1.165, 1.54) is 6.20 Å².